The molecule has 0 fully saturated rings. The number of nitrogens with zero attached hydrogens (tertiary/aromatic N) is 1. The van der Waals surface area contributed by atoms with Crippen molar-refractivity contribution in [2.45, 2.75) is 54.4 Å². The summed E-state index contributed by atoms with van der Waals surface area (Å²) in [6.45, 7) is 16.4. The number of rotatable bonds is 8. The third-order valence-corrected chi connectivity index (χ3v) is 3.25. The van der Waals surface area contributed by atoms with Gasteiger partial charge in [0, 0.05) is 0 Å². The zero-order valence-corrected chi connectivity index (χ0v) is 18.9. The molecule has 0 aliphatic heterocycles. The number of halogens is 1. The molecule has 0 spiro atoms. The summed E-state index contributed by atoms with van der Waals surface area (Å²) in [5.74, 6) is 1.84. The van der Waals surface area contributed by atoms with Crippen molar-refractivity contribution in [1.82, 2.24) is 0 Å². The average molecular weight is 439 g/mol. The van der Waals surface area contributed by atoms with Crippen molar-refractivity contribution in [3.8, 4) is 0 Å². The fraction of sp³-hybridized carbons (Fsp3) is 0.789. The van der Waals surface area contributed by atoms with Crippen LogP contribution in [0, 0.1) is 17.8 Å². The van der Waals surface area contributed by atoms with Gasteiger partial charge in [-0.15, -0.1) is 0 Å². The molecule has 0 N–H and O–H groups in total. The van der Waals surface area contributed by atoms with Gasteiger partial charge in [-0.05, 0) is 44.1 Å². The SMILES string of the molecule is C=C(CC(C)C)C(C)=O.CC(=O)C(CC(C)C)C[N+](C)(C)C.[I-]. The van der Waals surface area contributed by atoms with Crippen LogP contribution in [-0.2, 0) is 9.59 Å². The Labute approximate surface area is 161 Å². The number of carbonyl (C=O) groups is 2. The van der Waals surface area contributed by atoms with Gasteiger partial charge < -0.3 is 28.5 Å². The summed E-state index contributed by atoms with van der Waals surface area (Å²) < 4.78 is 0.872. The van der Waals surface area contributed by atoms with E-state index < -0.39 is 0 Å². The molecule has 0 heterocycles. The van der Waals surface area contributed by atoms with Gasteiger partial charge in [0.2, 0.25) is 0 Å². The second-order valence-corrected chi connectivity index (χ2v) is 8.17. The van der Waals surface area contributed by atoms with Crippen LogP contribution in [0.2, 0.25) is 0 Å². The Morgan fingerprint density at radius 3 is 1.57 bits per heavy atom. The van der Waals surface area contributed by atoms with E-state index in [-0.39, 0.29) is 35.7 Å². The van der Waals surface area contributed by atoms with Crippen molar-refractivity contribution >= 4 is 11.6 Å². The lowest BCUT2D eigenvalue weighted by molar-refractivity contribution is -0.872. The quantitative estimate of drug-likeness (QED) is 0.323. The van der Waals surface area contributed by atoms with Gasteiger partial charge >= 0.3 is 0 Å². The van der Waals surface area contributed by atoms with E-state index in [4.69, 9.17) is 0 Å². The molecule has 0 radical (unpaired) electrons. The van der Waals surface area contributed by atoms with E-state index in [9.17, 15) is 9.59 Å². The van der Waals surface area contributed by atoms with Crippen molar-refractivity contribution in [2.24, 2.45) is 17.8 Å². The molecule has 1 unspecified atom stereocenters. The number of Topliss-reactive ketones (excluding diaryl/α,β-unsaturated/α-hetero) is 2. The Kier molecular flexibility index (Phi) is 15.7. The van der Waals surface area contributed by atoms with Crippen molar-refractivity contribution in [1.29, 1.82) is 0 Å². The number of carbonyl (C=O) groups excluding carboxylic acids is 2. The van der Waals surface area contributed by atoms with Crippen LogP contribution in [0.25, 0.3) is 0 Å². The van der Waals surface area contributed by atoms with Crippen LogP contribution in [0.5, 0.6) is 0 Å². The summed E-state index contributed by atoms with van der Waals surface area (Å²) in [5, 5.41) is 0. The molecule has 0 aromatic carbocycles. The lowest BCUT2D eigenvalue weighted by atomic mass is 9.93. The molecule has 23 heavy (non-hydrogen) atoms. The number of allylic oxidation sites excluding steroid dienone is 1. The van der Waals surface area contributed by atoms with Crippen LogP contribution < -0.4 is 24.0 Å². The molecular weight excluding hydrogens is 401 g/mol. The fourth-order valence-electron chi connectivity index (χ4n) is 2.24. The standard InChI is InChI=1S/C11H24NO.C8H14O.HI/c1-9(2)7-11(10(3)13)8-12(4,5)6;1-6(2)5-7(3)8(4)9;/h9,11H,7-8H2,1-6H3;6H,3,5H2,1-2,4H3;1H/q+1;;/p-1. The topological polar surface area (TPSA) is 34.1 Å². The van der Waals surface area contributed by atoms with Crippen molar-refractivity contribution < 1.29 is 38.0 Å². The molecule has 0 aromatic heterocycles. The highest BCUT2D eigenvalue weighted by Gasteiger charge is 2.22. The summed E-state index contributed by atoms with van der Waals surface area (Å²) >= 11 is 0. The highest BCUT2D eigenvalue weighted by molar-refractivity contribution is 5.92. The predicted octanol–water partition coefficient (Wildman–Crippen LogP) is 1.13. The van der Waals surface area contributed by atoms with E-state index in [1.54, 1.807) is 13.8 Å². The Bertz CT molecular complexity index is 368. The number of hydrogen-bond acceptors (Lipinski definition) is 2. The van der Waals surface area contributed by atoms with Crippen LogP contribution in [-0.4, -0.2) is 43.7 Å². The van der Waals surface area contributed by atoms with Crippen LogP contribution in [0.3, 0.4) is 0 Å². The van der Waals surface area contributed by atoms with Gasteiger partial charge in [-0.1, -0.05) is 34.3 Å². The molecule has 138 valence electrons. The molecule has 3 nitrogen and oxygen atoms in total. The number of ketones is 2. The van der Waals surface area contributed by atoms with Crippen LogP contribution in [0.1, 0.15) is 54.4 Å². The Morgan fingerprint density at radius 1 is 0.957 bits per heavy atom. The first kappa shape index (κ1) is 27.6. The number of hydrogen-bond donors (Lipinski definition) is 0. The highest BCUT2D eigenvalue weighted by atomic mass is 127. The molecule has 4 heteroatoms. The zero-order valence-electron chi connectivity index (χ0n) is 16.7. The van der Waals surface area contributed by atoms with Gasteiger partial charge in [-0.2, -0.15) is 0 Å². The Hall–Kier alpha value is -0.230. The zero-order chi connectivity index (χ0) is 18.1. The summed E-state index contributed by atoms with van der Waals surface area (Å²) in [6, 6.07) is 0. The van der Waals surface area contributed by atoms with Gasteiger partial charge in [0.05, 0.1) is 33.6 Å². The third-order valence-electron chi connectivity index (χ3n) is 3.25. The molecule has 0 saturated heterocycles. The predicted molar refractivity (Wildman–Crippen MR) is 95.8 cm³/mol. The molecule has 0 aromatic rings. The van der Waals surface area contributed by atoms with Gasteiger partial charge in [0.15, 0.2) is 5.78 Å². The average Bonchev–Trinajstić information content (AvgIpc) is 2.25. The van der Waals surface area contributed by atoms with Gasteiger partial charge in [0.25, 0.3) is 0 Å². The second kappa shape index (κ2) is 13.1. The minimum atomic E-state index is 0. The van der Waals surface area contributed by atoms with E-state index in [0.717, 1.165) is 29.4 Å². The van der Waals surface area contributed by atoms with Crippen molar-refractivity contribution in [3.05, 3.63) is 12.2 Å². The van der Waals surface area contributed by atoms with E-state index in [2.05, 4.69) is 55.4 Å². The molecule has 1 atom stereocenters. The molecule has 0 aliphatic rings. The third kappa shape index (κ3) is 19.7. The molecule has 0 saturated carbocycles. The Balaban J connectivity index is -0.000000354. The first-order valence-corrected chi connectivity index (χ1v) is 8.25. The maximum absolute atomic E-state index is 11.3. The lowest BCUT2D eigenvalue weighted by Crippen LogP contribution is -3.00. The molecule has 0 amide bonds. The maximum atomic E-state index is 11.3. The van der Waals surface area contributed by atoms with Crippen LogP contribution in [0.4, 0.5) is 0 Å². The van der Waals surface area contributed by atoms with Crippen molar-refractivity contribution in [2.75, 3.05) is 27.7 Å². The second-order valence-electron chi connectivity index (χ2n) is 8.17. The lowest BCUT2D eigenvalue weighted by Gasteiger charge is -2.28. The first-order chi connectivity index (χ1) is 9.76. The van der Waals surface area contributed by atoms with E-state index in [0.29, 0.717) is 17.6 Å². The molecular formula is C19H38INO2. The van der Waals surface area contributed by atoms with Crippen LogP contribution >= 0.6 is 0 Å². The molecule has 0 rings (SSSR count). The van der Waals surface area contributed by atoms with E-state index in [1.807, 2.05) is 0 Å². The van der Waals surface area contributed by atoms with Gasteiger partial charge in [-0.25, -0.2) is 0 Å². The smallest absolute Gasteiger partial charge is 0.155 e. The summed E-state index contributed by atoms with van der Waals surface area (Å²) in [4.78, 5) is 21.9. The summed E-state index contributed by atoms with van der Waals surface area (Å²) in [6.07, 6.45) is 1.85. The normalized spacial score (nSPS) is 12.1. The molecule has 0 aliphatic carbocycles. The molecule has 0 bridgehead atoms. The summed E-state index contributed by atoms with van der Waals surface area (Å²) in [7, 11) is 6.41. The van der Waals surface area contributed by atoms with Crippen LogP contribution in [0.15, 0.2) is 12.2 Å². The Morgan fingerprint density at radius 2 is 1.39 bits per heavy atom. The minimum absolute atomic E-state index is 0. The highest BCUT2D eigenvalue weighted by Crippen LogP contribution is 2.15. The summed E-state index contributed by atoms with van der Waals surface area (Å²) in [5.41, 5.74) is 0.741. The van der Waals surface area contributed by atoms with E-state index >= 15 is 0 Å². The largest absolute Gasteiger partial charge is 1.00 e. The van der Waals surface area contributed by atoms with Gasteiger partial charge in [-0.3, -0.25) is 9.59 Å². The minimum Gasteiger partial charge on any atom is -1.00 e. The monoisotopic (exact) mass is 439 g/mol. The van der Waals surface area contributed by atoms with Crippen molar-refractivity contribution in [3.63, 3.8) is 0 Å². The van der Waals surface area contributed by atoms with Gasteiger partial charge in [0.1, 0.15) is 5.78 Å². The maximum Gasteiger partial charge on any atom is 0.155 e. The fourth-order valence-corrected chi connectivity index (χ4v) is 2.24. The first-order valence-electron chi connectivity index (χ1n) is 8.25. The number of quaternary nitrogens is 1. The van der Waals surface area contributed by atoms with E-state index in [1.165, 1.54) is 0 Å².